The number of hydrogen-bond acceptors (Lipinski definition) is 2. The zero-order valence-electron chi connectivity index (χ0n) is 12.3. The van der Waals surface area contributed by atoms with E-state index in [1.54, 1.807) is 0 Å². The first kappa shape index (κ1) is 15.3. The molecular weight excluding hydrogens is 254 g/mol. The van der Waals surface area contributed by atoms with Crippen molar-refractivity contribution >= 4 is 11.9 Å². The highest BCUT2D eigenvalue weighted by molar-refractivity contribution is 5.79. The number of rotatable bonds is 5. The highest BCUT2D eigenvalue weighted by Crippen LogP contribution is 2.29. The summed E-state index contributed by atoms with van der Waals surface area (Å²) < 4.78 is 0. The lowest BCUT2D eigenvalue weighted by atomic mass is 9.81. The van der Waals surface area contributed by atoms with Crippen LogP contribution in [-0.2, 0) is 9.59 Å². The van der Waals surface area contributed by atoms with Gasteiger partial charge in [0.15, 0.2) is 0 Å². The molecule has 4 nitrogen and oxygen atoms in total. The first-order valence-corrected chi connectivity index (χ1v) is 8.17. The molecule has 0 spiro atoms. The lowest BCUT2D eigenvalue weighted by Gasteiger charge is -2.26. The predicted molar refractivity (Wildman–Crippen MR) is 77.3 cm³/mol. The van der Waals surface area contributed by atoms with Crippen LogP contribution in [-0.4, -0.2) is 23.5 Å². The molecule has 4 heteroatoms. The lowest BCUT2D eigenvalue weighted by molar-refractivity contribution is -0.144. The minimum atomic E-state index is -0.707. The monoisotopic (exact) mass is 281 g/mol. The lowest BCUT2D eigenvalue weighted by Crippen LogP contribution is -2.35. The van der Waals surface area contributed by atoms with Crippen molar-refractivity contribution in [3.8, 4) is 0 Å². The standard InChI is InChI=1S/C16H27NO3/c18-15(13-6-8-14(9-7-13)16(19)20)17-11-10-12-4-2-1-3-5-12/h12-14H,1-11H2,(H,17,18)(H,19,20). The van der Waals surface area contributed by atoms with Gasteiger partial charge in [0.2, 0.25) is 5.91 Å². The van der Waals surface area contributed by atoms with Gasteiger partial charge in [-0.1, -0.05) is 32.1 Å². The molecule has 0 saturated heterocycles. The second kappa shape index (κ2) is 7.65. The molecule has 0 atom stereocenters. The van der Waals surface area contributed by atoms with Crippen LogP contribution in [0.1, 0.15) is 64.2 Å². The van der Waals surface area contributed by atoms with E-state index in [1.165, 1.54) is 32.1 Å². The van der Waals surface area contributed by atoms with Gasteiger partial charge in [0.25, 0.3) is 0 Å². The van der Waals surface area contributed by atoms with Gasteiger partial charge in [0, 0.05) is 12.5 Å². The molecule has 2 aliphatic carbocycles. The molecule has 0 aromatic rings. The van der Waals surface area contributed by atoms with E-state index in [9.17, 15) is 9.59 Å². The van der Waals surface area contributed by atoms with Gasteiger partial charge in [-0.15, -0.1) is 0 Å². The van der Waals surface area contributed by atoms with Gasteiger partial charge in [-0.2, -0.15) is 0 Å². The summed E-state index contributed by atoms with van der Waals surface area (Å²) in [6.45, 7) is 0.794. The molecule has 2 saturated carbocycles. The fraction of sp³-hybridized carbons (Fsp3) is 0.875. The normalized spacial score (nSPS) is 28.0. The Hall–Kier alpha value is -1.06. The Morgan fingerprint density at radius 3 is 2.10 bits per heavy atom. The third kappa shape index (κ3) is 4.50. The first-order valence-electron chi connectivity index (χ1n) is 8.17. The Balaban J connectivity index is 1.61. The summed E-state index contributed by atoms with van der Waals surface area (Å²) in [6.07, 6.45) is 10.6. The van der Waals surface area contributed by atoms with Crippen LogP contribution >= 0.6 is 0 Å². The number of amides is 1. The summed E-state index contributed by atoms with van der Waals surface area (Å²) in [6, 6.07) is 0. The fourth-order valence-corrected chi connectivity index (χ4v) is 3.62. The van der Waals surface area contributed by atoms with E-state index in [1.807, 2.05) is 0 Å². The van der Waals surface area contributed by atoms with Gasteiger partial charge in [0.1, 0.15) is 0 Å². The molecular formula is C16H27NO3. The van der Waals surface area contributed by atoms with Crippen LogP contribution in [0, 0.1) is 17.8 Å². The number of carboxylic acids is 1. The molecule has 114 valence electrons. The summed E-state index contributed by atoms with van der Waals surface area (Å²) >= 11 is 0. The van der Waals surface area contributed by atoms with Crippen molar-refractivity contribution in [1.82, 2.24) is 5.32 Å². The second-order valence-electron chi connectivity index (χ2n) is 6.47. The summed E-state index contributed by atoms with van der Waals surface area (Å²) in [5.41, 5.74) is 0. The van der Waals surface area contributed by atoms with E-state index in [0.717, 1.165) is 31.7 Å². The number of carbonyl (C=O) groups excluding carboxylic acids is 1. The smallest absolute Gasteiger partial charge is 0.306 e. The largest absolute Gasteiger partial charge is 0.481 e. The summed E-state index contributed by atoms with van der Waals surface area (Å²) in [5, 5.41) is 12.0. The van der Waals surface area contributed by atoms with Gasteiger partial charge in [-0.3, -0.25) is 9.59 Å². The van der Waals surface area contributed by atoms with Crippen molar-refractivity contribution in [2.24, 2.45) is 17.8 Å². The van der Waals surface area contributed by atoms with Crippen molar-refractivity contribution in [3.05, 3.63) is 0 Å². The molecule has 0 aromatic heterocycles. The SMILES string of the molecule is O=C(O)C1CCC(C(=O)NCCC2CCCCC2)CC1. The van der Waals surface area contributed by atoms with Crippen LogP contribution in [0.15, 0.2) is 0 Å². The molecule has 0 radical (unpaired) electrons. The predicted octanol–water partition coefficient (Wildman–Crippen LogP) is 2.96. The van der Waals surface area contributed by atoms with Crippen LogP contribution in [0.3, 0.4) is 0 Å². The summed E-state index contributed by atoms with van der Waals surface area (Å²) in [7, 11) is 0. The maximum Gasteiger partial charge on any atom is 0.306 e. The second-order valence-corrected chi connectivity index (χ2v) is 6.47. The van der Waals surface area contributed by atoms with Crippen molar-refractivity contribution in [3.63, 3.8) is 0 Å². The summed E-state index contributed by atoms with van der Waals surface area (Å²) in [5.74, 6) is 0.0378. The number of nitrogens with one attached hydrogen (secondary N) is 1. The molecule has 20 heavy (non-hydrogen) atoms. The topological polar surface area (TPSA) is 66.4 Å². The third-order valence-electron chi connectivity index (χ3n) is 5.02. The van der Waals surface area contributed by atoms with E-state index in [4.69, 9.17) is 5.11 Å². The van der Waals surface area contributed by atoms with E-state index in [-0.39, 0.29) is 17.7 Å². The molecule has 0 aromatic carbocycles. The molecule has 0 aliphatic heterocycles. The Kier molecular flexibility index (Phi) is 5.86. The molecule has 0 unspecified atom stereocenters. The molecule has 2 aliphatic rings. The third-order valence-corrected chi connectivity index (χ3v) is 5.02. The zero-order valence-corrected chi connectivity index (χ0v) is 12.3. The molecule has 2 N–H and O–H groups in total. The number of aliphatic carboxylic acids is 1. The van der Waals surface area contributed by atoms with Crippen molar-refractivity contribution in [2.45, 2.75) is 64.2 Å². The molecule has 1 amide bonds. The van der Waals surface area contributed by atoms with Gasteiger partial charge in [0.05, 0.1) is 5.92 Å². The number of carboxylic acid groups (broad SMARTS) is 1. The highest BCUT2D eigenvalue weighted by atomic mass is 16.4. The van der Waals surface area contributed by atoms with E-state index in [2.05, 4.69) is 5.32 Å². The van der Waals surface area contributed by atoms with E-state index in [0.29, 0.717) is 12.8 Å². The Morgan fingerprint density at radius 2 is 1.50 bits per heavy atom. The minimum absolute atomic E-state index is 0.0388. The van der Waals surface area contributed by atoms with Crippen molar-refractivity contribution in [2.75, 3.05) is 6.54 Å². The first-order chi connectivity index (χ1) is 9.66. The zero-order chi connectivity index (χ0) is 14.4. The van der Waals surface area contributed by atoms with Crippen LogP contribution in [0.25, 0.3) is 0 Å². The summed E-state index contributed by atoms with van der Waals surface area (Å²) in [4.78, 5) is 22.9. The fourth-order valence-electron chi connectivity index (χ4n) is 3.62. The Morgan fingerprint density at radius 1 is 0.900 bits per heavy atom. The number of hydrogen-bond donors (Lipinski definition) is 2. The van der Waals surface area contributed by atoms with Crippen LogP contribution in [0.2, 0.25) is 0 Å². The van der Waals surface area contributed by atoms with Crippen LogP contribution in [0.4, 0.5) is 0 Å². The Labute approximate surface area is 121 Å². The quantitative estimate of drug-likeness (QED) is 0.814. The maximum atomic E-state index is 12.1. The van der Waals surface area contributed by atoms with E-state index < -0.39 is 5.97 Å². The maximum absolute atomic E-state index is 12.1. The molecule has 2 rings (SSSR count). The minimum Gasteiger partial charge on any atom is -0.481 e. The molecule has 2 fully saturated rings. The molecule has 0 bridgehead atoms. The average Bonchev–Trinajstić information content (AvgIpc) is 2.48. The average molecular weight is 281 g/mol. The van der Waals surface area contributed by atoms with Gasteiger partial charge >= 0.3 is 5.97 Å². The van der Waals surface area contributed by atoms with Crippen LogP contribution < -0.4 is 5.32 Å². The van der Waals surface area contributed by atoms with Gasteiger partial charge < -0.3 is 10.4 Å². The van der Waals surface area contributed by atoms with Gasteiger partial charge in [-0.05, 0) is 38.0 Å². The molecule has 0 heterocycles. The van der Waals surface area contributed by atoms with Crippen molar-refractivity contribution in [1.29, 1.82) is 0 Å². The van der Waals surface area contributed by atoms with Gasteiger partial charge in [-0.25, -0.2) is 0 Å². The van der Waals surface area contributed by atoms with E-state index >= 15 is 0 Å². The van der Waals surface area contributed by atoms with Crippen LogP contribution in [0.5, 0.6) is 0 Å². The Bertz CT molecular complexity index is 329. The highest BCUT2D eigenvalue weighted by Gasteiger charge is 2.29. The van der Waals surface area contributed by atoms with Crippen molar-refractivity contribution < 1.29 is 14.7 Å². The number of carbonyl (C=O) groups is 2.